The molecule has 0 bridgehead atoms. The van der Waals surface area contributed by atoms with Crippen molar-refractivity contribution in [2.75, 3.05) is 19.3 Å². The maximum atomic E-state index is 11.7. The highest BCUT2D eigenvalue weighted by atomic mass is 32.2. The largest absolute Gasteiger partial charge is 0.367 e. The van der Waals surface area contributed by atoms with Gasteiger partial charge in [0.2, 0.25) is 0 Å². The van der Waals surface area contributed by atoms with Crippen LogP contribution in [-0.4, -0.2) is 44.9 Å². The summed E-state index contributed by atoms with van der Waals surface area (Å²) in [6.45, 7) is 6.19. The van der Waals surface area contributed by atoms with Crippen molar-refractivity contribution >= 4 is 16.1 Å². The standard InChI is InChI=1S/C11H21NO5S/c1-11(2,3)10(13)16-12-7-5-6-9(8-12)17-18(4,14)15/h9H,5-8H2,1-4H3/t9-/m0/s1. The minimum atomic E-state index is -3.47. The van der Waals surface area contributed by atoms with E-state index >= 15 is 0 Å². The molecule has 0 aliphatic carbocycles. The number of nitrogens with zero attached hydrogens (tertiary/aromatic N) is 1. The van der Waals surface area contributed by atoms with E-state index in [1.54, 1.807) is 20.8 Å². The predicted molar refractivity (Wildman–Crippen MR) is 66.1 cm³/mol. The normalized spacial score (nSPS) is 22.8. The van der Waals surface area contributed by atoms with Crippen molar-refractivity contribution < 1.29 is 22.2 Å². The summed E-state index contributed by atoms with van der Waals surface area (Å²) in [6, 6.07) is 0. The van der Waals surface area contributed by atoms with Crippen molar-refractivity contribution in [1.82, 2.24) is 5.06 Å². The molecule has 0 saturated carbocycles. The fourth-order valence-corrected chi connectivity index (χ4v) is 2.22. The number of piperidine rings is 1. The summed E-state index contributed by atoms with van der Waals surface area (Å²) in [5.74, 6) is -0.331. The molecule has 0 aromatic heterocycles. The molecule has 1 atom stereocenters. The molecule has 0 spiro atoms. The van der Waals surface area contributed by atoms with Gasteiger partial charge in [0, 0.05) is 6.54 Å². The summed E-state index contributed by atoms with van der Waals surface area (Å²) in [4.78, 5) is 16.9. The third kappa shape index (κ3) is 5.32. The number of carbonyl (C=O) groups is 1. The van der Waals surface area contributed by atoms with Gasteiger partial charge in [-0.15, -0.1) is 5.06 Å². The Morgan fingerprint density at radius 3 is 2.44 bits per heavy atom. The van der Waals surface area contributed by atoms with E-state index < -0.39 is 21.6 Å². The summed E-state index contributed by atoms with van der Waals surface area (Å²) in [6.07, 6.45) is 1.96. The highest BCUT2D eigenvalue weighted by Crippen LogP contribution is 2.20. The van der Waals surface area contributed by atoms with Crippen molar-refractivity contribution in [3.63, 3.8) is 0 Å². The van der Waals surface area contributed by atoms with E-state index in [4.69, 9.17) is 9.02 Å². The summed E-state index contributed by atoms with van der Waals surface area (Å²) in [7, 11) is -3.47. The second kappa shape index (κ2) is 5.54. The molecule has 18 heavy (non-hydrogen) atoms. The van der Waals surface area contributed by atoms with Crippen molar-refractivity contribution in [2.24, 2.45) is 5.41 Å². The Morgan fingerprint density at radius 2 is 1.94 bits per heavy atom. The van der Waals surface area contributed by atoms with Crippen molar-refractivity contribution in [3.05, 3.63) is 0 Å². The Morgan fingerprint density at radius 1 is 1.33 bits per heavy atom. The first-order valence-corrected chi connectivity index (χ1v) is 7.75. The molecule has 106 valence electrons. The molecule has 7 heteroatoms. The van der Waals surface area contributed by atoms with Gasteiger partial charge in [-0.25, -0.2) is 4.79 Å². The Balaban J connectivity index is 2.52. The first kappa shape index (κ1) is 15.4. The molecular formula is C11H21NO5S. The van der Waals surface area contributed by atoms with Crippen LogP contribution in [0.15, 0.2) is 0 Å². The summed E-state index contributed by atoms with van der Waals surface area (Å²) in [5.41, 5.74) is -0.579. The Hall–Kier alpha value is -0.660. The van der Waals surface area contributed by atoms with E-state index in [9.17, 15) is 13.2 Å². The summed E-state index contributed by atoms with van der Waals surface area (Å²) < 4.78 is 27.0. The lowest BCUT2D eigenvalue weighted by Crippen LogP contribution is -2.43. The maximum Gasteiger partial charge on any atom is 0.330 e. The predicted octanol–water partition coefficient (Wildman–Crippen LogP) is 0.931. The zero-order valence-corrected chi connectivity index (χ0v) is 12.1. The third-order valence-corrected chi connectivity index (χ3v) is 3.10. The molecule has 6 nitrogen and oxygen atoms in total. The molecule has 0 N–H and O–H groups in total. The number of hydroxylamine groups is 2. The molecule has 1 fully saturated rings. The van der Waals surface area contributed by atoms with Gasteiger partial charge >= 0.3 is 5.97 Å². The van der Waals surface area contributed by atoms with Gasteiger partial charge in [0.15, 0.2) is 0 Å². The van der Waals surface area contributed by atoms with Crippen LogP contribution in [0.1, 0.15) is 33.6 Å². The number of rotatable bonds is 3. The fourth-order valence-electron chi connectivity index (χ4n) is 1.57. The Kier molecular flexibility index (Phi) is 4.74. The number of hydrogen-bond donors (Lipinski definition) is 0. The van der Waals surface area contributed by atoms with Gasteiger partial charge in [-0.3, -0.25) is 4.18 Å². The summed E-state index contributed by atoms with van der Waals surface area (Å²) >= 11 is 0. The van der Waals surface area contributed by atoms with Crippen LogP contribution in [0.3, 0.4) is 0 Å². The number of carbonyl (C=O) groups excluding carboxylic acids is 1. The minimum absolute atomic E-state index is 0.287. The van der Waals surface area contributed by atoms with Gasteiger partial charge in [0.1, 0.15) is 0 Å². The molecule has 1 rings (SSSR count). The van der Waals surface area contributed by atoms with Crippen LogP contribution in [-0.2, 0) is 23.9 Å². The molecule has 0 radical (unpaired) electrons. The molecule has 1 aliphatic rings. The molecule has 0 aromatic carbocycles. The minimum Gasteiger partial charge on any atom is -0.367 e. The van der Waals surface area contributed by atoms with Crippen molar-refractivity contribution in [1.29, 1.82) is 0 Å². The van der Waals surface area contributed by atoms with Crippen LogP contribution in [0.25, 0.3) is 0 Å². The third-order valence-electron chi connectivity index (χ3n) is 2.48. The molecule has 0 aromatic rings. The second-order valence-corrected chi connectivity index (χ2v) is 7.18. The first-order chi connectivity index (χ1) is 8.08. The maximum absolute atomic E-state index is 11.7. The SMILES string of the molecule is CC(C)(C)C(=O)ON1CCC[C@H](OS(C)(=O)=O)C1. The van der Waals surface area contributed by atoms with Crippen LogP contribution in [0.2, 0.25) is 0 Å². The topological polar surface area (TPSA) is 72.9 Å². The lowest BCUT2D eigenvalue weighted by molar-refractivity contribution is -0.209. The van der Waals surface area contributed by atoms with Gasteiger partial charge < -0.3 is 4.84 Å². The smallest absolute Gasteiger partial charge is 0.330 e. The molecular weight excluding hydrogens is 258 g/mol. The van der Waals surface area contributed by atoms with Gasteiger partial charge in [0.05, 0.1) is 24.3 Å². The van der Waals surface area contributed by atoms with E-state index in [1.165, 1.54) is 5.06 Å². The van der Waals surface area contributed by atoms with E-state index in [-0.39, 0.29) is 12.5 Å². The van der Waals surface area contributed by atoms with Crippen LogP contribution < -0.4 is 0 Å². The zero-order valence-electron chi connectivity index (χ0n) is 11.3. The van der Waals surface area contributed by atoms with Crippen LogP contribution >= 0.6 is 0 Å². The molecule has 0 amide bonds. The van der Waals surface area contributed by atoms with Crippen molar-refractivity contribution in [2.45, 2.75) is 39.7 Å². The van der Waals surface area contributed by atoms with Crippen molar-refractivity contribution in [3.8, 4) is 0 Å². The van der Waals surface area contributed by atoms with Gasteiger partial charge in [0.25, 0.3) is 10.1 Å². The number of hydrogen-bond acceptors (Lipinski definition) is 6. The highest BCUT2D eigenvalue weighted by Gasteiger charge is 2.30. The van der Waals surface area contributed by atoms with Gasteiger partial charge in [-0.05, 0) is 33.6 Å². The molecule has 1 heterocycles. The monoisotopic (exact) mass is 279 g/mol. The average Bonchev–Trinajstić information content (AvgIpc) is 2.13. The first-order valence-electron chi connectivity index (χ1n) is 5.93. The zero-order chi connectivity index (χ0) is 14.0. The van der Waals surface area contributed by atoms with Crippen LogP contribution in [0.4, 0.5) is 0 Å². The van der Waals surface area contributed by atoms with E-state index in [2.05, 4.69) is 0 Å². The lowest BCUT2D eigenvalue weighted by Gasteiger charge is -2.32. The quantitative estimate of drug-likeness (QED) is 0.716. The lowest BCUT2D eigenvalue weighted by atomic mass is 9.98. The van der Waals surface area contributed by atoms with Gasteiger partial charge in [-0.2, -0.15) is 8.42 Å². The average molecular weight is 279 g/mol. The van der Waals surface area contributed by atoms with E-state index in [1.807, 2.05) is 0 Å². The Labute approximate surface area is 108 Å². The van der Waals surface area contributed by atoms with E-state index in [0.717, 1.165) is 12.7 Å². The van der Waals surface area contributed by atoms with Crippen LogP contribution in [0, 0.1) is 5.41 Å². The van der Waals surface area contributed by atoms with Crippen LogP contribution in [0.5, 0.6) is 0 Å². The van der Waals surface area contributed by atoms with E-state index in [0.29, 0.717) is 13.0 Å². The molecule has 0 unspecified atom stereocenters. The van der Waals surface area contributed by atoms with Gasteiger partial charge in [-0.1, -0.05) is 0 Å². The fraction of sp³-hybridized carbons (Fsp3) is 0.909. The molecule has 1 aliphatic heterocycles. The Bertz CT molecular complexity index is 398. The summed E-state index contributed by atoms with van der Waals surface area (Å²) in [5, 5.41) is 1.48. The highest BCUT2D eigenvalue weighted by molar-refractivity contribution is 7.86. The second-order valence-electron chi connectivity index (χ2n) is 5.58. The molecule has 1 saturated heterocycles.